The molecule has 0 aliphatic rings. The summed E-state index contributed by atoms with van der Waals surface area (Å²) in [5.41, 5.74) is 6.77. The molecule has 72 valence electrons. The quantitative estimate of drug-likeness (QED) is 0.758. The van der Waals surface area contributed by atoms with Crippen LogP contribution in [-0.2, 0) is 0 Å². The van der Waals surface area contributed by atoms with Crippen molar-refractivity contribution in [2.45, 2.75) is 13.0 Å². The molecule has 1 unspecified atom stereocenters. The van der Waals surface area contributed by atoms with Gasteiger partial charge in [-0.3, -0.25) is 4.98 Å². The molecular weight excluding hydrogens is 180 g/mol. The van der Waals surface area contributed by atoms with Gasteiger partial charge in [-0.2, -0.15) is 4.98 Å². The van der Waals surface area contributed by atoms with Crippen LogP contribution in [0.25, 0.3) is 0 Å². The van der Waals surface area contributed by atoms with Gasteiger partial charge in [-0.25, -0.2) is 0 Å². The van der Waals surface area contributed by atoms with Crippen molar-refractivity contribution in [3.05, 3.63) is 41.8 Å². The summed E-state index contributed by atoms with van der Waals surface area (Å²) in [6, 6.07) is 3.33. The van der Waals surface area contributed by atoms with Crippen molar-refractivity contribution in [2.24, 2.45) is 5.73 Å². The van der Waals surface area contributed by atoms with E-state index in [1.807, 2.05) is 12.1 Å². The lowest BCUT2D eigenvalue weighted by atomic mass is 10.1. The molecule has 1 atom stereocenters. The molecule has 0 saturated carbocycles. The first-order valence-corrected chi connectivity index (χ1v) is 4.23. The Hall–Kier alpha value is -1.75. The summed E-state index contributed by atoms with van der Waals surface area (Å²) in [7, 11) is 0. The lowest BCUT2D eigenvalue weighted by molar-refractivity contribution is 0.385. The first-order chi connectivity index (χ1) is 6.77. The third-order valence-corrected chi connectivity index (χ3v) is 1.86. The molecule has 0 fully saturated rings. The van der Waals surface area contributed by atoms with Gasteiger partial charge in [0.15, 0.2) is 5.82 Å². The molecule has 0 spiro atoms. The molecule has 5 heteroatoms. The molecule has 0 aliphatic heterocycles. The van der Waals surface area contributed by atoms with Gasteiger partial charge in [-0.1, -0.05) is 11.2 Å². The fourth-order valence-corrected chi connectivity index (χ4v) is 1.15. The van der Waals surface area contributed by atoms with Crippen LogP contribution in [0.15, 0.2) is 29.0 Å². The maximum absolute atomic E-state index is 5.90. The van der Waals surface area contributed by atoms with Crippen molar-refractivity contribution in [2.75, 3.05) is 0 Å². The number of pyridine rings is 1. The van der Waals surface area contributed by atoms with Crippen LogP contribution in [0.1, 0.15) is 23.3 Å². The molecule has 2 aromatic rings. The average molecular weight is 190 g/mol. The van der Waals surface area contributed by atoms with E-state index in [0.717, 1.165) is 5.56 Å². The highest BCUT2D eigenvalue weighted by molar-refractivity contribution is 5.19. The van der Waals surface area contributed by atoms with Crippen molar-refractivity contribution in [1.29, 1.82) is 0 Å². The third kappa shape index (κ3) is 1.62. The SMILES string of the molecule is Cc1nc(C(N)c2cccnc2)no1. The van der Waals surface area contributed by atoms with Crippen LogP contribution in [0, 0.1) is 6.92 Å². The van der Waals surface area contributed by atoms with E-state index in [2.05, 4.69) is 15.1 Å². The summed E-state index contributed by atoms with van der Waals surface area (Å²) in [5.74, 6) is 0.995. The zero-order chi connectivity index (χ0) is 9.97. The highest BCUT2D eigenvalue weighted by Crippen LogP contribution is 2.14. The van der Waals surface area contributed by atoms with Gasteiger partial charge in [-0.05, 0) is 11.6 Å². The van der Waals surface area contributed by atoms with Gasteiger partial charge < -0.3 is 10.3 Å². The van der Waals surface area contributed by atoms with E-state index in [4.69, 9.17) is 10.3 Å². The predicted octanol–water partition coefficient (Wildman–Crippen LogP) is 0.821. The molecular formula is C9H10N4O. The van der Waals surface area contributed by atoms with Crippen LogP contribution in [0.2, 0.25) is 0 Å². The number of hydrogen-bond acceptors (Lipinski definition) is 5. The maximum Gasteiger partial charge on any atom is 0.223 e. The topological polar surface area (TPSA) is 77.8 Å². The van der Waals surface area contributed by atoms with Crippen LogP contribution in [0.5, 0.6) is 0 Å². The molecule has 0 saturated heterocycles. The van der Waals surface area contributed by atoms with E-state index in [1.165, 1.54) is 0 Å². The molecule has 0 aromatic carbocycles. The van der Waals surface area contributed by atoms with Crippen LogP contribution >= 0.6 is 0 Å². The van der Waals surface area contributed by atoms with Crippen LogP contribution in [0.4, 0.5) is 0 Å². The number of aromatic nitrogens is 3. The van der Waals surface area contributed by atoms with E-state index in [0.29, 0.717) is 11.7 Å². The standard InChI is InChI=1S/C9H10N4O/c1-6-12-9(13-14-6)8(10)7-3-2-4-11-5-7/h2-5,8H,10H2,1H3. The highest BCUT2D eigenvalue weighted by atomic mass is 16.5. The predicted molar refractivity (Wildman–Crippen MR) is 49.3 cm³/mol. The lowest BCUT2D eigenvalue weighted by Gasteiger charge is -2.05. The minimum atomic E-state index is -0.374. The van der Waals surface area contributed by atoms with E-state index in [9.17, 15) is 0 Å². The summed E-state index contributed by atoms with van der Waals surface area (Å²) in [5, 5.41) is 3.75. The van der Waals surface area contributed by atoms with E-state index in [-0.39, 0.29) is 6.04 Å². The number of nitrogens with zero attached hydrogens (tertiary/aromatic N) is 3. The Morgan fingerprint density at radius 2 is 2.36 bits per heavy atom. The molecule has 0 amide bonds. The Bertz CT molecular complexity index is 412. The van der Waals surface area contributed by atoms with Crippen molar-refractivity contribution in [3.8, 4) is 0 Å². The average Bonchev–Trinajstić information content (AvgIpc) is 2.65. The minimum Gasteiger partial charge on any atom is -0.340 e. The molecule has 0 aliphatic carbocycles. The van der Waals surface area contributed by atoms with Gasteiger partial charge in [0, 0.05) is 19.3 Å². The molecule has 14 heavy (non-hydrogen) atoms. The Kier molecular flexibility index (Phi) is 2.24. The van der Waals surface area contributed by atoms with Gasteiger partial charge in [0.2, 0.25) is 5.89 Å². The lowest BCUT2D eigenvalue weighted by Crippen LogP contribution is -2.13. The first kappa shape index (κ1) is 8.83. The van der Waals surface area contributed by atoms with E-state index in [1.54, 1.807) is 19.3 Å². The number of hydrogen-bond donors (Lipinski definition) is 1. The van der Waals surface area contributed by atoms with E-state index < -0.39 is 0 Å². The Morgan fingerprint density at radius 3 is 2.93 bits per heavy atom. The molecule has 0 radical (unpaired) electrons. The van der Waals surface area contributed by atoms with Crippen LogP contribution in [0.3, 0.4) is 0 Å². The largest absolute Gasteiger partial charge is 0.340 e. The molecule has 5 nitrogen and oxygen atoms in total. The second kappa shape index (κ2) is 3.55. The third-order valence-electron chi connectivity index (χ3n) is 1.86. The van der Waals surface area contributed by atoms with Crippen LogP contribution < -0.4 is 5.73 Å². The van der Waals surface area contributed by atoms with Crippen molar-refractivity contribution < 1.29 is 4.52 Å². The highest BCUT2D eigenvalue weighted by Gasteiger charge is 2.14. The van der Waals surface area contributed by atoms with Gasteiger partial charge >= 0.3 is 0 Å². The number of rotatable bonds is 2. The molecule has 0 bridgehead atoms. The second-order valence-electron chi connectivity index (χ2n) is 2.94. The molecule has 2 aromatic heterocycles. The van der Waals surface area contributed by atoms with Gasteiger partial charge in [0.05, 0.1) is 6.04 Å². The Balaban J connectivity index is 2.29. The Labute approximate surface area is 81.0 Å². The monoisotopic (exact) mass is 190 g/mol. The van der Waals surface area contributed by atoms with Gasteiger partial charge in [0.1, 0.15) is 0 Å². The number of aryl methyl sites for hydroxylation is 1. The first-order valence-electron chi connectivity index (χ1n) is 4.23. The zero-order valence-corrected chi connectivity index (χ0v) is 7.71. The minimum absolute atomic E-state index is 0.374. The normalized spacial score (nSPS) is 12.7. The van der Waals surface area contributed by atoms with Crippen molar-refractivity contribution in [1.82, 2.24) is 15.1 Å². The molecule has 2 heterocycles. The van der Waals surface area contributed by atoms with E-state index >= 15 is 0 Å². The van der Waals surface area contributed by atoms with Crippen molar-refractivity contribution >= 4 is 0 Å². The second-order valence-corrected chi connectivity index (χ2v) is 2.94. The molecule has 2 N–H and O–H groups in total. The Morgan fingerprint density at radius 1 is 1.50 bits per heavy atom. The summed E-state index contributed by atoms with van der Waals surface area (Å²) in [6.45, 7) is 1.73. The summed E-state index contributed by atoms with van der Waals surface area (Å²) >= 11 is 0. The van der Waals surface area contributed by atoms with Gasteiger partial charge in [0.25, 0.3) is 0 Å². The smallest absolute Gasteiger partial charge is 0.223 e. The summed E-state index contributed by atoms with van der Waals surface area (Å²) in [6.07, 6.45) is 3.38. The fourth-order valence-electron chi connectivity index (χ4n) is 1.15. The van der Waals surface area contributed by atoms with Crippen molar-refractivity contribution in [3.63, 3.8) is 0 Å². The maximum atomic E-state index is 5.90. The van der Waals surface area contributed by atoms with Gasteiger partial charge in [-0.15, -0.1) is 0 Å². The molecule has 2 rings (SSSR count). The zero-order valence-electron chi connectivity index (χ0n) is 7.71. The number of nitrogens with two attached hydrogens (primary N) is 1. The van der Waals surface area contributed by atoms with Crippen LogP contribution in [-0.4, -0.2) is 15.1 Å². The summed E-state index contributed by atoms with van der Waals surface area (Å²) < 4.78 is 4.85. The fraction of sp³-hybridized carbons (Fsp3) is 0.222. The summed E-state index contributed by atoms with van der Waals surface area (Å²) in [4.78, 5) is 8.03.